The molecule has 0 aromatic rings. The van der Waals surface area contributed by atoms with Gasteiger partial charge in [0, 0.05) is 0 Å². The minimum Gasteiger partial charge on any atom is -0.0861 e. The van der Waals surface area contributed by atoms with E-state index < -0.39 is 0 Å². The van der Waals surface area contributed by atoms with Crippen LogP contribution in [0.4, 0.5) is 0 Å². The first kappa shape index (κ1) is 10.1. The molecule has 0 saturated heterocycles. The Kier molecular flexibility index (Phi) is 7.22. The van der Waals surface area contributed by atoms with Crippen LogP contribution in [0.25, 0.3) is 0 Å². The van der Waals surface area contributed by atoms with Crippen LogP contribution >= 0.6 is 0 Å². The van der Waals surface area contributed by atoms with Crippen molar-refractivity contribution in [3.63, 3.8) is 0 Å². The summed E-state index contributed by atoms with van der Waals surface area (Å²) in [4.78, 5) is 0. The fourth-order valence-corrected chi connectivity index (χ4v) is 1.25. The Bertz CT molecular complexity index is 53.7. The van der Waals surface area contributed by atoms with Crippen LogP contribution in [0, 0.1) is 0 Å². The van der Waals surface area contributed by atoms with Crippen LogP contribution < -0.4 is 0 Å². The van der Waals surface area contributed by atoms with Gasteiger partial charge in [-0.3, -0.25) is 0 Å². The molecular weight excluding hydrogens is 119 g/mol. The molecule has 0 nitrogen and oxygen atoms in total. The minimum atomic E-state index is 0.972. The molecule has 0 radical (unpaired) electrons. The molecular formula is C9H21B. The maximum Gasteiger partial charge on any atom is 0.136 e. The average Bonchev–Trinajstić information content (AvgIpc) is 1.97. The first-order valence-electron chi connectivity index (χ1n) is 4.81. The second-order valence-electron chi connectivity index (χ2n) is 3.39. The fourth-order valence-electron chi connectivity index (χ4n) is 1.25. The van der Waals surface area contributed by atoms with Gasteiger partial charge in [-0.15, -0.1) is 0 Å². The third-order valence-corrected chi connectivity index (χ3v) is 2.10. The minimum absolute atomic E-state index is 0.972. The molecule has 0 bridgehead atoms. The number of rotatable bonds is 6. The summed E-state index contributed by atoms with van der Waals surface area (Å²) >= 11 is 0. The van der Waals surface area contributed by atoms with Gasteiger partial charge in [0.2, 0.25) is 0 Å². The molecule has 1 heteroatoms. The largest absolute Gasteiger partial charge is 0.136 e. The molecule has 0 heterocycles. The lowest BCUT2D eigenvalue weighted by molar-refractivity contribution is 0.842. The highest BCUT2D eigenvalue weighted by Crippen LogP contribution is 2.08. The molecule has 0 amide bonds. The van der Waals surface area contributed by atoms with Gasteiger partial charge in [0.25, 0.3) is 0 Å². The topological polar surface area (TPSA) is 0 Å². The SMILES string of the molecule is CCCCB(C)CCCC. The van der Waals surface area contributed by atoms with Gasteiger partial charge in [-0.2, -0.15) is 0 Å². The van der Waals surface area contributed by atoms with E-state index in [9.17, 15) is 0 Å². The van der Waals surface area contributed by atoms with E-state index in [1.165, 1.54) is 38.3 Å². The first-order valence-corrected chi connectivity index (χ1v) is 4.81. The lowest BCUT2D eigenvalue weighted by Crippen LogP contribution is -2.04. The van der Waals surface area contributed by atoms with E-state index >= 15 is 0 Å². The van der Waals surface area contributed by atoms with Gasteiger partial charge in [0.15, 0.2) is 0 Å². The zero-order chi connectivity index (χ0) is 7.82. The third kappa shape index (κ3) is 6.19. The summed E-state index contributed by atoms with van der Waals surface area (Å²) in [7, 11) is 0. The summed E-state index contributed by atoms with van der Waals surface area (Å²) in [5.41, 5.74) is 0. The third-order valence-electron chi connectivity index (χ3n) is 2.10. The van der Waals surface area contributed by atoms with Crippen molar-refractivity contribution in [3.05, 3.63) is 0 Å². The molecule has 0 aliphatic rings. The molecule has 60 valence electrons. The van der Waals surface area contributed by atoms with Crippen LogP contribution in [0.2, 0.25) is 19.5 Å². The van der Waals surface area contributed by atoms with Gasteiger partial charge >= 0.3 is 0 Å². The predicted molar refractivity (Wildman–Crippen MR) is 51.0 cm³/mol. The summed E-state index contributed by atoms with van der Waals surface area (Å²) < 4.78 is 0. The normalized spacial score (nSPS) is 9.90. The Balaban J connectivity index is 3.00. The standard InChI is InChI=1S/C9H21B/c1-4-6-8-10(3)9-7-5-2/h4-9H2,1-3H3. The fraction of sp³-hybridized carbons (Fsp3) is 1.00. The molecule has 0 unspecified atom stereocenters. The molecule has 0 atom stereocenters. The quantitative estimate of drug-likeness (QED) is 0.493. The zero-order valence-corrected chi connectivity index (χ0v) is 7.82. The van der Waals surface area contributed by atoms with E-state index in [4.69, 9.17) is 0 Å². The first-order chi connectivity index (χ1) is 4.81. The molecule has 0 fully saturated rings. The van der Waals surface area contributed by atoms with Crippen LogP contribution in [-0.2, 0) is 0 Å². The number of unbranched alkanes of at least 4 members (excludes halogenated alkanes) is 2. The lowest BCUT2D eigenvalue weighted by atomic mass is 9.46. The Morgan fingerprint density at radius 2 is 1.30 bits per heavy atom. The summed E-state index contributed by atoms with van der Waals surface area (Å²) in [6.45, 7) is 7.89. The van der Waals surface area contributed by atoms with Gasteiger partial charge in [-0.25, -0.2) is 0 Å². The highest BCUT2D eigenvalue weighted by atomic mass is 13.8. The molecule has 0 saturated carbocycles. The summed E-state index contributed by atoms with van der Waals surface area (Å²) in [6, 6.07) is 0. The van der Waals surface area contributed by atoms with Gasteiger partial charge in [-0.05, 0) is 0 Å². The molecule has 0 N–H and O–H groups in total. The highest BCUT2D eigenvalue weighted by molar-refractivity contribution is 6.57. The van der Waals surface area contributed by atoms with Crippen LogP contribution in [-0.4, -0.2) is 6.71 Å². The smallest absolute Gasteiger partial charge is 0.0861 e. The molecule has 0 spiro atoms. The van der Waals surface area contributed by atoms with Crippen LogP contribution in [0.1, 0.15) is 39.5 Å². The van der Waals surface area contributed by atoms with Gasteiger partial charge < -0.3 is 0 Å². The lowest BCUT2D eigenvalue weighted by Gasteiger charge is -2.04. The van der Waals surface area contributed by atoms with Crippen LogP contribution in [0.15, 0.2) is 0 Å². The Hall–Kier alpha value is 0.0649. The zero-order valence-electron chi connectivity index (χ0n) is 7.82. The highest BCUT2D eigenvalue weighted by Gasteiger charge is 2.03. The summed E-state index contributed by atoms with van der Waals surface area (Å²) in [5.74, 6) is 0. The van der Waals surface area contributed by atoms with E-state index in [2.05, 4.69) is 20.7 Å². The van der Waals surface area contributed by atoms with E-state index in [0.717, 1.165) is 6.71 Å². The van der Waals surface area contributed by atoms with Crippen molar-refractivity contribution in [3.8, 4) is 0 Å². The van der Waals surface area contributed by atoms with Crippen LogP contribution in [0.5, 0.6) is 0 Å². The average molecular weight is 140 g/mol. The molecule has 0 aromatic carbocycles. The van der Waals surface area contributed by atoms with Crippen molar-refractivity contribution in [1.29, 1.82) is 0 Å². The van der Waals surface area contributed by atoms with E-state index in [1.807, 2.05) is 0 Å². The van der Waals surface area contributed by atoms with E-state index in [0.29, 0.717) is 0 Å². The Labute approximate surface area is 66.5 Å². The number of hydrogen-bond acceptors (Lipinski definition) is 0. The predicted octanol–water partition coefficient (Wildman–Crippen LogP) is 3.71. The van der Waals surface area contributed by atoms with E-state index in [-0.39, 0.29) is 0 Å². The van der Waals surface area contributed by atoms with Crippen molar-refractivity contribution >= 4 is 6.71 Å². The summed E-state index contributed by atoms with van der Waals surface area (Å²) in [6.07, 6.45) is 8.44. The monoisotopic (exact) mass is 140 g/mol. The van der Waals surface area contributed by atoms with Gasteiger partial charge in [-0.1, -0.05) is 59.0 Å². The maximum absolute atomic E-state index is 2.38. The van der Waals surface area contributed by atoms with Crippen molar-refractivity contribution in [2.75, 3.05) is 0 Å². The second-order valence-corrected chi connectivity index (χ2v) is 3.39. The van der Waals surface area contributed by atoms with Crippen molar-refractivity contribution in [2.45, 2.75) is 59.0 Å². The van der Waals surface area contributed by atoms with E-state index in [1.54, 1.807) is 0 Å². The Morgan fingerprint density at radius 1 is 0.900 bits per heavy atom. The van der Waals surface area contributed by atoms with Crippen molar-refractivity contribution in [1.82, 2.24) is 0 Å². The van der Waals surface area contributed by atoms with Gasteiger partial charge in [0.1, 0.15) is 6.71 Å². The molecule has 0 aliphatic heterocycles. The molecule has 0 aromatic heterocycles. The summed E-state index contributed by atoms with van der Waals surface area (Å²) in [5, 5.41) is 0. The molecule has 10 heavy (non-hydrogen) atoms. The van der Waals surface area contributed by atoms with Crippen molar-refractivity contribution in [2.24, 2.45) is 0 Å². The van der Waals surface area contributed by atoms with Crippen LogP contribution in [0.3, 0.4) is 0 Å². The Morgan fingerprint density at radius 3 is 1.60 bits per heavy atom. The molecule has 0 rings (SSSR count). The van der Waals surface area contributed by atoms with Crippen molar-refractivity contribution < 1.29 is 0 Å². The van der Waals surface area contributed by atoms with Gasteiger partial charge in [0.05, 0.1) is 0 Å². The maximum atomic E-state index is 2.38. The molecule has 0 aliphatic carbocycles. The second kappa shape index (κ2) is 7.18. The number of hydrogen-bond donors (Lipinski definition) is 0.